The molecule has 0 spiro atoms. The highest BCUT2D eigenvalue weighted by Gasteiger charge is 2.31. The number of halogens is 3. The van der Waals surface area contributed by atoms with Crippen LogP contribution in [0.15, 0.2) is 24.3 Å². The number of ether oxygens (including phenoxy) is 2. The van der Waals surface area contributed by atoms with Gasteiger partial charge in [0.2, 0.25) is 0 Å². The maximum Gasteiger partial charge on any atom is 0.573 e. The minimum absolute atomic E-state index is 0.109. The Balaban J connectivity index is 2.75. The van der Waals surface area contributed by atoms with Crippen LogP contribution in [0.4, 0.5) is 18.0 Å². The number of carbonyl (C=O) groups is 2. The Morgan fingerprint density at radius 2 is 1.78 bits per heavy atom. The zero-order valence-electron chi connectivity index (χ0n) is 13.0. The Morgan fingerprint density at radius 1 is 1.17 bits per heavy atom. The number of rotatable bonds is 2. The van der Waals surface area contributed by atoms with E-state index in [-0.39, 0.29) is 5.56 Å². The Morgan fingerprint density at radius 3 is 2.30 bits per heavy atom. The molecule has 0 atom stereocenters. The third kappa shape index (κ3) is 6.90. The lowest BCUT2D eigenvalue weighted by atomic mass is 10.2. The number of hydrogen-bond acceptors (Lipinski definition) is 4. The first-order valence-electron chi connectivity index (χ1n) is 6.51. The van der Waals surface area contributed by atoms with E-state index in [1.165, 1.54) is 19.2 Å². The van der Waals surface area contributed by atoms with Gasteiger partial charge in [0.15, 0.2) is 0 Å². The Bertz CT molecular complexity index is 582. The number of hydrazine groups is 1. The van der Waals surface area contributed by atoms with E-state index < -0.39 is 29.7 Å². The predicted octanol–water partition coefficient (Wildman–Crippen LogP) is 3.10. The predicted molar refractivity (Wildman–Crippen MR) is 74.6 cm³/mol. The van der Waals surface area contributed by atoms with Crippen molar-refractivity contribution in [1.29, 1.82) is 0 Å². The van der Waals surface area contributed by atoms with Crippen molar-refractivity contribution in [1.82, 2.24) is 10.4 Å². The number of nitrogens with one attached hydrogen (secondary N) is 1. The summed E-state index contributed by atoms with van der Waals surface area (Å²) in [6, 6.07) is 4.47. The molecule has 9 heteroatoms. The minimum Gasteiger partial charge on any atom is -0.442 e. The van der Waals surface area contributed by atoms with E-state index in [2.05, 4.69) is 10.2 Å². The summed E-state index contributed by atoms with van der Waals surface area (Å²) >= 11 is 0. The molecule has 0 unspecified atom stereocenters. The van der Waals surface area contributed by atoms with Crippen LogP contribution in [0, 0.1) is 0 Å². The van der Waals surface area contributed by atoms with Gasteiger partial charge in [-0.3, -0.25) is 10.2 Å². The van der Waals surface area contributed by atoms with Gasteiger partial charge in [-0.2, -0.15) is 0 Å². The van der Waals surface area contributed by atoms with Crippen LogP contribution in [-0.2, 0) is 4.74 Å². The lowest BCUT2D eigenvalue weighted by Crippen LogP contribution is -2.45. The molecule has 0 aliphatic rings. The largest absolute Gasteiger partial charge is 0.573 e. The molecule has 0 aliphatic carbocycles. The first-order valence-corrected chi connectivity index (χ1v) is 6.51. The molecule has 1 aromatic rings. The molecule has 1 N–H and O–H groups in total. The normalized spacial score (nSPS) is 11.6. The molecule has 0 saturated heterocycles. The average Bonchev–Trinajstić information content (AvgIpc) is 2.34. The van der Waals surface area contributed by atoms with Crippen molar-refractivity contribution in [2.45, 2.75) is 32.7 Å². The van der Waals surface area contributed by atoms with Crippen LogP contribution < -0.4 is 10.2 Å². The van der Waals surface area contributed by atoms with Crippen molar-refractivity contribution in [3.05, 3.63) is 29.8 Å². The SMILES string of the molecule is CN(NC(=O)c1cccc(OC(F)(F)F)c1)C(=O)OC(C)(C)C. The number of benzene rings is 1. The molecule has 0 bridgehead atoms. The number of carbonyl (C=O) groups excluding carboxylic acids is 2. The highest BCUT2D eigenvalue weighted by atomic mass is 19.4. The Labute approximate surface area is 131 Å². The molecule has 0 heterocycles. The van der Waals surface area contributed by atoms with Gasteiger partial charge in [-0.05, 0) is 39.0 Å². The molecular formula is C14H17F3N2O4. The number of nitrogens with zero attached hydrogens (tertiary/aromatic N) is 1. The summed E-state index contributed by atoms with van der Waals surface area (Å²) in [7, 11) is 1.25. The average molecular weight is 334 g/mol. The van der Waals surface area contributed by atoms with Crippen molar-refractivity contribution in [3.63, 3.8) is 0 Å². The molecule has 1 aromatic carbocycles. The lowest BCUT2D eigenvalue weighted by Gasteiger charge is -2.24. The first-order chi connectivity index (χ1) is 10.4. The summed E-state index contributed by atoms with van der Waals surface area (Å²) in [5, 5.41) is 0.797. The van der Waals surface area contributed by atoms with Gasteiger partial charge < -0.3 is 9.47 Å². The van der Waals surface area contributed by atoms with Crippen molar-refractivity contribution >= 4 is 12.0 Å². The molecular weight excluding hydrogens is 317 g/mol. The molecule has 23 heavy (non-hydrogen) atoms. The molecule has 0 aliphatic heterocycles. The quantitative estimate of drug-likeness (QED) is 0.844. The van der Waals surface area contributed by atoms with E-state index in [0.29, 0.717) is 0 Å². The fourth-order valence-corrected chi connectivity index (χ4v) is 1.43. The van der Waals surface area contributed by atoms with Crippen LogP contribution in [0.5, 0.6) is 5.75 Å². The lowest BCUT2D eigenvalue weighted by molar-refractivity contribution is -0.274. The first kappa shape index (κ1) is 18.6. The van der Waals surface area contributed by atoms with E-state index in [4.69, 9.17) is 4.74 Å². The highest BCUT2D eigenvalue weighted by molar-refractivity contribution is 5.95. The van der Waals surface area contributed by atoms with Crippen molar-refractivity contribution in [2.75, 3.05) is 7.05 Å². The van der Waals surface area contributed by atoms with Gasteiger partial charge in [0.25, 0.3) is 5.91 Å². The van der Waals surface area contributed by atoms with Crippen molar-refractivity contribution in [3.8, 4) is 5.75 Å². The van der Waals surface area contributed by atoms with E-state index in [9.17, 15) is 22.8 Å². The third-order valence-corrected chi connectivity index (χ3v) is 2.27. The topological polar surface area (TPSA) is 67.9 Å². The summed E-state index contributed by atoms with van der Waals surface area (Å²) < 4.78 is 45.2. The maximum absolute atomic E-state index is 12.2. The van der Waals surface area contributed by atoms with Crippen molar-refractivity contribution in [2.24, 2.45) is 0 Å². The van der Waals surface area contributed by atoms with Gasteiger partial charge >= 0.3 is 12.5 Å². The Hall–Kier alpha value is -2.45. The van der Waals surface area contributed by atoms with Crippen LogP contribution in [-0.4, -0.2) is 36.0 Å². The molecule has 0 fully saturated rings. The van der Waals surface area contributed by atoms with E-state index in [1.54, 1.807) is 20.8 Å². The van der Waals surface area contributed by atoms with Crippen LogP contribution in [0.1, 0.15) is 31.1 Å². The summed E-state index contributed by atoms with van der Waals surface area (Å²) in [4.78, 5) is 23.6. The fraction of sp³-hybridized carbons (Fsp3) is 0.429. The summed E-state index contributed by atoms with van der Waals surface area (Å²) in [5.74, 6) is -1.32. The zero-order valence-corrected chi connectivity index (χ0v) is 13.0. The van der Waals surface area contributed by atoms with Crippen LogP contribution in [0.3, 0.4) is 0 Å². The van der Waals surface area contributed by atoms with Gasteiger partial charge in [-0.1, -0.05) is 6.07 Å². The smallest absolute Gasteiger partial charge is 0.442 e. The number of hydrogen-bond donors (Lipinski definition) is 1. The summed E-state index contributed by atoms with van der Waals surface area (Å²) in [6.07, 6.45) is -5.67. The molecule has 0 saturated carbocycles. The summed E-state index contributed by atoms with van der Waals surface area (Å²) in [6.45, 7) is 4.95. The second-order valence-corrected chi connectivity index (χ2v) is 5.56. The molecule has 6 nitrogen and oxygen atoms in total. The van der Waals surface area contributed by atoms with Crippen LogP contribution in [0.25, 0.3) is 0 Å². The molecule has 2 amide bonds. The second kappa shape index (κ2) is 6.76. The van der Waals surface area contributed by atoms with Gasteiger partial charge in [-0.25, -0.2) is 9.80 Å². The fourth-order valence-electron chi connectivity index (χ4n) is 1.43. The van der Waals surface area contributed by atoms with Gasteiger partial charge in [-0.15, -0.1) is 13.2 Å². The Kier molecular flexibility index (Phi) is 5.46. The van der Waals surface area contributed by atoms with Crippen molar-refractivity contribution < 1.29 is 32.2 Å². The molecule has 1 rings (SSSR count). The van der Waals surface area contributed by atoms with E-state index >= 15 is 0 Å². The molecule has 0 aromatic heterocycles. The third-order valence-electron chi connectivity index (χ3n) is 2.27. The van der Waals surface area contributed by atoms with Gasteiger partial charge in [0.05, 0.1) is 0 Å². The maximum atomic E-state index is 12.2. The highest BCUT2D eigenvalue weighted by Crippen LogP contribution is 2.23. The van der Waals surface area contributed by atoms with Gasteiger partial charge in [0, 0.05) is 12.6 Å². The molecule has 128 valence electrons. The van der Waals surface area contributed by atoms with Gasteiger partial charge in [0.1, 0.15) is 11.4 Å². The standard InChI is InChI=1S/C14H17F3N2O4/c1-13(2,3)23-12(21)19(4)18-11(20)9-6-5-7-10(8-9)22-14(15,16)17/h5-8H,1-4H3,(H,18,20). The van der Waals surface area contributed by atoms with E-state index in [0.717, 1.165) is 17.1 Å². The second-order valence-electron chi connectivity index (χ2n) is 5.56. The number of amides is 2. The summed E-state index contributed by atoms with van der Waals surface area (Å²) in [5.41, 5.74) is 1.33. The zero-order chi connectivity index (χ0) is 17.8. The monoisotopic (exact) mass is 334 g/mol. The number of alkyl halides is 3. The molecule has 0 radical (unpaired) electrons. The minimum atomic E-state index is -4.86. The van der Waals surface area contributed by atoms with E-state index in [1.807, 2.05) is 0 Å². The van der Waals surface area contributed by atoms with Crippen LogP contribution in [0.2, 0.25) is 0 Å². The van der Waals surface area contributed by atoms with Crippen LogP contribution >= 0.6 is 0 Å².